The first kappa shape index (κ1) is 30.0. The van der Waals surface area contributed by atoms with E-state index in [1.807, 2.05) is 6.07 Å². The highest BCUT2D eigenvalue weighted by molar-refractivity contribution is 6.07. The number of nitrogens with zero attached hydrogens (tertiary/aromatic N) is 1. The Morgan fingerprint density at radius 2 is 1.39 bits per heavy atom. The van der Waals surface area contributed by atoms with Crippen LogP contribution in [0, 0.1) is 5.92 Å². The third-order valence-corrected chi connectivity index (χ3v) is 11.6. The summed E-state index contributed by atoms with van der Waals surface area (Å²) in [5.41, 5.74) is 17.3. The number of hydrogen-bond donors (Lipinski definition) is 0. The van der Waals surface area contributed by atoms with E-state index in [4.69, 9.17) is 4.42 Å². The molecule has 2 nitrogen and oxygen atoms in total. The van der Waals surface area contributed by atoms with Gasteiger partial charge in [-0.2, -0.15) is 0 Å². The fourth-order valence-electron chi connectivity index (χ4n) is 9.13. The van der Waals surface area contributed by atoms with E-state index >= 15 is 0 Å². The molecule has 0 saturated heterocycles. The van der Waals surface area contributed by atoms with E-state index in [0.717, 1.165) is 52.6 Å². The van der Waals surface area contributed by atoms with E-state index in [1.54, 1.807) is 0 Å². The Morgan fingerprint density at radius 1 is 0.647 bits per heavy atom. The maximum absolute atomic E-state index is 6.48. The summed E-state index contributed by atoms with van der Waals surface area (Å²) in [6.45, 7) is 4.71. The molecule has 0 amide bonds. The van der Waals surface area contributed by atoms with E-state index in [0.29, 0.717) is 5.92 Å². The third-order valence-electron chi connectivity index (χ3n) is 11.6. The number of fused-ring (bicyclic) bond motifs is 7. The van der Waals surface area contributed by atoms with E-state index in [-0.39, 0.29) is 5.41 Å². The Kier molecular flexibility index (Phi) is 6.83. The minimum absolute atomic E-state index is 0.103. The Balaban J connectivity index is 1.21. The second-order valence-corrected chi connectivity index (χ2v) is 14.8. The van der Waals surface area contributed by atoms with Crippen LogP contribution in [0.3, 0.4) is 0 Å². The normalized spacial score (nSPS) is 17.3. The first-order valence-corrected chi connectivity index (χ1v) is 18.3. The Hall–Kier alpha value is -5.86. The lowest BCUT2D eigenvalue weighted by Crippen LogP contribution is -2.16. The van der Waals surface area contributed by atoms with Gasteiger partial charge in [0.25, 0.3) is 0 Å². The molecule has 1 unspecified atom stereocenters. The molecule has 1 aromatic heterocycles. The van der Waals surface area contributed by atoms with Gasteiger partial charge in [0.05, 0.1) is 5.69 Å². The molecule has 51 heavy (non-hydrogen) atoms. The predicted octanol–water partition coefficient (Wildman–Crippen LogP) is 13.6. The average molecular weight is 658 g/mol. The summed E-state index contributed by atoms with van der Waals surface area (Å²) in [6.07, 6.45) is 10.3. The van der Waals surface area contributed by atoms with Gasteiger partial charge < -0.3 is 9.32 Å². The zero-order valence-electron chi connectivity index (χ0n) is 29.1. The topological polar surface area (TPSA) is 16.4 Å². The number of para-hydroxylation sites is 1. The van der Waals surface area contributed by atoms with Gasteiger partial charge in [0.1, 0.15) is 11.2 Å². The van der Waals surface area contributed by atoms with Crippen molar-refractivity contribution in [3.05, 3.63) is 186 Å². The quantitative estimate of drug-likeness (QED) is 0.183. The van der Waals surface area contributed by atoms with Crippen LogP contribution in [-0.4, -0.2) is 0 Å². The molecule has 0 fully saturated rings. The maximum Gasteiger partial charge on any atom is 0.137 e. The van der Waals surface area contributed by atoms with Crippen LogP contribution in [0.25, 0.3) is 44.2 Å². The highest BCUT2D eigenvalue weighted by Gasteiger charge is 2.38. The second-order valence-electron chi connectivity index (χ2n) is 14.8. The van der Waals surface area contributed by atoms with Crippen molar-refractivity contribution in [2.45, 2.75) is 38.5 Å². The standard InChI is InChI=1S/C49H39NO/c1-49(2)42-22-10-8-21-41(42)48-43(49)23-13-24-44(48)50(36-27-29-40-39-20-9-11-25-45(39)51-46(40)31-36)35-18-12-17-34(30-35)38-28-26-32-14-6-7-19-37(32)47(38)33-15-4-3-5-16-33/h3-13,15-25,27,29-32H,14,26,28H2,1-2H3. The molecule has 6 aromatic carbocycles. The summed E-state index contributed by atoms with van der Waals surface area (Å²) in [5, 5.41) is 2.28. The highest BCUT2D eigenvalue weighted by Crippen LogP contribution is 2.55. The molecule has 1 atom stereocenters. The van der Waals surface area contributed by atoms with E-state index in [1.165, 1.54) is 55.8 Å². The summed E-state index contributed by atoms with van der Waals surface area (Å²) in [7, 11) is 0. The molecule has 0 bridgehead atoms. The molecule has 1 heterocycles. The Labute approximate surface area is 299 Å². The van der Waals surface area contributed by atoms with Gasteiger partial charge in [0.2, 0.25) is 0 Å². The lowest BCUT2D eigenvalue weighted by molar-refractivity contribution is 0.577. The lowest BCUT2D eigenvalue weighted by Gasteiger charge is -2.33. The molecule has 0 spiro atoms. The molecular formula is C49H39NO. The fraction of sp³-hybridized carbons (Fsp3) is 0.143. The number of allylic oxidation sites excluding steroid dienone is 6. The van der Waals surface area contributed by atoms with Gasteiger partial charge >= 0.3 is 0 Å². The smallest absolute Gasteiger partial charge is 0.137 e. The van der Waals surface area contributed by atoms with Crippen molar-refractivity contribution in [3.8, 4) is 11.1 Å². The molecule has 3 aliphatic rings. The summed E-state index contributed by atoms with van der Waals surface area (Å²) < 4.78 is 6.48. The minimum Gasteiger partial charge on any atom is -0.456 e. The molecule has 0 saturated carbocycles. The minimum atomic E-state index is -0.103. The van der Waals surface area contributed by atoms with Crippen molar-refractivity contribution in [2.24, 2.45) is 5.92 Å². The largest absolute Gasteiger partial charge is 0.456 e. The molecule has 7 aromatic rings. The van der Waals surface area contributed by atoms with Gasteiger partial charge in [-0.05, 0) is 106 Å². The van der Waals surface area contributed by atoms with Crippen LogP contribution < -0.4 is 4.90 Å². The van der Waals surface area contributed by atoms with Gasteiger partial charge in [-0.3, -0.25) is 0 Å². The van der Waals surface area contributed by atoms with Gasteiger partial charge in [0, 0.05) is 39.2 Å². The van der Waals surface area contributed by atoms with E-state index in [9.17, 15) is 0 Å². The van der Waals surface area contributed by atoms with Crippen LogP contribution in [0.2, 0.25) is 0 Å². The molecule has 3 aliphatic carbocycles. The lowest BCUT2D eigenvalue weighted by atomic mass is 9.72. The van der Waals surface area contributed by atoms with Crippen LogP contribution in [0.5, 0.6) is 0 Å². The second kappa shape index (κ2) is 11.6. The summed E-state index contributed by atoms with van der Waals surface area (Å²) in [5.74, 6) is 0.569. The third kappa shape index (κ3) is 4.70. The van der Waals surface area contributed by atoms with Crippen molar-refractivity contribution < 1.29 is 4.42 Å². The summed E-state index contributed by atoms with van der Waals surface area (Å²) in [4.78, 5) is 2.46. The maximum atomic E-state index is 6.48. The van der Waals surface area contributed by atoms with E-state index < -0.39 is 0 Å². The molecular weight excluding hydrogens is 619 g/mol. The summed E-state index contributed by atoms with van der Waals surface area (Å²) >= 11 is 0. The van der Waals surface area contributed by atoms with Crippen LogP contribution >= 0.6 is 0 Å². The van der Waals surface area contributed by atoms with Crippen molar-refractivity contribution >= 4 is 50.1 Å². The monoisotopic (exact) mass is 657 g/mol. The van der Waals surface area contributed by atoms with Gasteiger partial charge in [-0.25, -0.2) is 0 Å². The summed E-state index contributed by atoms with van der Waals surface area (Å²) in [6, 6.07) is 51.1. The van der Waals surface area contributed by atoms with Crippen LogP contribution in [0.1, 0.15) is 55.4 Å². The zero-order chi connectivity index (χ0) is 34.1. The van der Waals surface area contributed by atoms with Crippen molar-refractivity contribution in [2.75, 3.05) is 4.90 Å². The van der Waals surface area contributed by atoms with Gasteiger partial charge in [-0.1, -0.05) is 129 Å². The fourth-order valence-corrected chi connectivity index (χ4v) is 9.13. The molecule has 0 radical (unpaired) electrons. The molecule has 246 valence electrons. The first-order valence-electron chi connectivity index (χ1n) is 18.3. The van der Waals surface area contributed by atoms with Crippen LogP contribution in [0.4, 0.5) is 17.1 Å². The average Bonchev–Trinajstić information content (AvgIpc) is 3.67. The Bertz CT molecular complexity index is 2590. The van der Waals surface area contributed by atoms with Gasteiger partial charge in [0.15, 0.2) is 0 Å². The van der Waals surface area contributed by atoms with Crippen molar-refractivity contribution in [1.29, 1.82) is 0 Å². The van der Waals surface area contributed by atoms with Crippen LogP contribution in [-0.2, 0) is 5.41 Å². The number of benzene rings is 6. The van der Waals surface area contributed by atoms with Crippen molar-refractivity contribution in [1.82, 2.24) is 0 Å². The predicted molar refractivity (Wildman–Crippen MR) is 214 cm³/mol. The number of hydrogen-bond acceptors (Lipinski definition) is 2. The van der Waals surface area contributed by atoms with Crippen LogP contribution in [0.15, 0.2) is 168 Å². The number of furan rings is 1. The molecule has 2 heteroatoms. The number of rotatable bonds is 5. The SMILES string of the molecule is CC1(C)c2ccccc2-c2c(N(c3cccc(C4=C(c5ccccc5)C5=CC=CCC5CC4)c3)c3ccc4c(c3)oc3ccccc34)cccc21. The van der Waals surface area contributed by atoms with Gasteiger partial charge in [-0.15, -0.1) is 0 Å². The molecule has 0 aliphatic heterocycles. The van der Waals surface area contributed by atoms with E-state index in [2.05, 4.69) is 170 Å². The van der Waals surface area contributed by atoms with Crippen molar-refractivity contribution in [3.63, 3.8) is 0 Å². The molecule has 0 N–H and O–H groups in total. The zero-order valence-corrected chi connectivity index (χ0v) is 29.1. The first-order chi connectivity index (χ1) is 25.1. The number of anilines is 3. The Morgan fingerprint density at radius 3 is 2.31 bits per heavy atom. The highest BCUT2D eigenvalue weighted by atomic mass is 16.3. The molecule has 10 rings (SSSR count).